The van der Waals surface area contributed by atoms with Crippen LogP contribution < -0.4 is 4.90 Å². The number of amides is 2. The summed E-state index contributed by atoms with van der Waals surface area (Å²) < 4.78 is 13.5. The number of benzene rings is 3. The number of halogens is 1. The van der Waals surface area contributed by atoms with Crippen LogP contribution in [0.2, 0.25) is 0 Å². The molecule has 0 bridgehead atoms. The number of aromatic nitrogens is 1. The minimum absolute atomic E-state index is 0.0279. The number of unbranched alkanes of at least 4 members (excludes halogenated alkanes) is 1. The van der Waals surface area contributed by atoms with Gasteiger partial charge in [0.1, 0.15) is 12.4 Å². The highest BCUT2D eigenvalue weighted by Gasteiger charge is 2.23. The smallest absolute Gasteiger partial charge is 0.254 e. The number of anilines is 1. The summed E-state index contributed by atoms with van der Waals surface area (Å²) in [5.41, 5.74) is 4.71. The molecule has 204 valence electrons. The molecule has 0 aliphatic carbocycles. The molecule has 1 aromatic heterocycles. The van der Waals surface area contributed by atoms with Crippen LogP contribution in [0.25, 0.3) is 10.9 Å². The molecule has 2 amide bonds. The van der Waals surface area contributed by atoms with Gasteiger partial charge in [-0.1, -0.05) is 43.7 Å². The fraction of sp³-hybridized carbons (Fsp3) is 0.312. The van der Waals surface area contributed by atoms with Gasteiger partial charge < -0.3 is 19.7 Å². The van der Waals surface area contributed by atoms with E-state index in [1.807, 2.05) is 79.5 Å². The summed E-state index contributed by atoms with van der Waals surface area (Å²) in [6.07, 6.45) is 4.36. The van der Waals surface area contributed by atoms with E-state index in [9.17, 15) is 14.0 Å². The second-order valence-electron chi connectivity index (χ2n) is 10.1. The van der Waals surface area contributed by atoms with Crippen molar-refractivity contribution in [1.82, 2.24) is 14.8 Å². The molecule has 0 saturated carbocycles. The fourth-order valence-corrected chi connectivity index (χ4v) is 4.65. The van der Waals surface area contributed by atoms with Crippen LogP contribution >= 0.6 is 0 Å². The lowest BCUT2D eigenvalue weighted by molar-refractivity contribution is -0.132. The van der Waals surface area contributed by atoms with Crippen molar-refractivity contribution in [2.24, 2.45) is 0 Å². The first-order valence-corrected chi connectivity index (χ1v) is 13.5. The molecular formula is C32H37FN4O2. The Balaban J connectivity index is 1.55. The zero-order valence-electron chi connectivity index (χ0n) is 23.0. The van der Waals surface area contributed by atoms with Gasteiger partial charge >= 0.3 is 0 Å². The van der Waals surface area contributed by atoms with Crippen molar-refractivity contribution in [2.75, 3.05) is 38.6 Å². The van der Waals surface area contributed by atoms with Gasteiger partial charge in [-0.3, -0.25) is 9.59 Å². The van der Waals surface area contributed by atoms with Crippen molar-refractivity contribution >= 4 is 28.4 Å². The predicted octanol–water partition coefficient (Wildman–Crippen LogP) is 5.89. The number of nitrogens with zero attached hydrogens (tertiary/aromatic N) is 3. The third kappa shape index (κ3) is 7.25. The van der Waals surface area contributed by atoms with Crippen molar-refractivity contribution < 1.29 is 14.0 Å². The Morgan fingerprint density at radius 3 is 2.28 bits per heavy atom. The zero-order valence-corrected chi connectivity index (χ0v) is 23.0. The highest BCUT2D eigenvalue weighted by molar-refractivity contribution is 5.96. The minimum atomic E-state index is -0.397. The van der Waals surface area contributed by atoms with Gasteiger partial charge in [0, 0.05) is 62.1 Å². The largest absolute Gasteiger partial charge is 0.378 e. The molecule has 0 fully saturated rings. The quantitative estimate of drug-likeness (QED) is 0.250. The molecule has 4 rings (SSSR count). The monoisotopic (exact) mass is 528 g/mol. The Bertz CT molecular complexity index is 1380. The van der Waals surface area contributed by atoms with Gasteiger partial charge in [-0.05, 0) is 66.4 Å². The number of H-pyrrole nitrogens is 1. The SMILES string of the molecule is CCCCN(CC(=O)N(CCc1c[nH]c2ccccc12)Cc1ccc(N(C)C)cc1)C(=O)c1ccc(F)cc1. The van der Waals surface area contributed by atoms with E-state index in [-0.39, 0.29) is 18.4 Å². The second-order valence-corrected chi connectivity index (χ2v) is 10.1. The van der Waals surface area contributed by atoms with E-state index in [2.05, 4.69) is 11.1 Å². The molecule has 0 atom stereocenters. The number of hydrogen-bond donors (Lipinski definition) is 1. The van der Waals surface area contributed by atoms with Gasteiger partial charge in [0.2, 0.25) is 5.91 Å². The number of rotatable bonds is 12. The Kier molecular flexibility index (Phi) is 9.36. The van der Waals surface area contributed by atoms with Crippen molar-refractivity contribution in [3.8, 4) is 0 Å². The maximum atomic E-state index is 13.8. The third-order valence-electron chi connectivity index (χ3n) is 6.99. The van der Waals surface area contributed by atoms with E-state index < -0.39 is 5.82 Å². The Morgan fingerprint density at radius 1 is 0.872 bits per heavy atom. The maximum Gasteiger partial charge on any atom is 0.254 e. The average molecular weight is 529 g/mol. The molecule has 0 unspecified atom stereocenters. The van der Waals surface area contributed by atoms with Crippen LogP contribution in [0.15, 0.2) is 79.0 Å². The van der Waals surface area contributed by atoms with Gasteiger partial charge in [0.25, 0.3) is 5.91 Å². The topological polar surface area (TPSA) is 59.7 Å². The predicted molar refractivity (Wildman–Crippen MR) is 155 cm³/mol. The minimum Gasteiger partial charge on any atom is -0.378 e. The van der Waals surface area contributed by atoms with Crippen LogP contribution in [0, 0.1) is 5.82 Å². The normalized spacial score (nSPS) is 11.0. The fourth-order valence-electron chi connectivity index (χ4n) is 4.65. The summed E-state index contributed by atoms with van der Waals surface area (Å²) in [4.78, 5) is 35.8. The first kappa shape index (κ1) is 27.9. The summed E-state index contributed by atoms with van der Waals surface area (Å²) in [6.45, 7) is 3.45. The van der Waals surface area contributed by atoms with E-state index in [0.29, 0.717) is 31.6 Å². The molecule has 0 aliphatic rings. The summed E-state index contributed by atoms with van der Waals surface area (Å²) in [5.74, 6) is -0.770. The third-order valence-corrected chi connectivity index (χ3v) is 6.99. The number of hydrogen-bond acceptors (Lipinski definition) is 3. The van der Waals surface area contributed by atoms with Crippen LogP contribution in [0.1, 0.15) is 41.3 Å². The molecule has 39 heavy (non-hydrogen) atoms. The molecule has 0 radical (unpaired) electrons. The van der Waals surface area contributed by atoms with Crippen LogP contribution in [-0.2, 0) is 17.8 Å². The number of nitrogens with one attached hydrogen (secondary N) is 1. The Morgan fingerprint density at radius 2 is 1.59 bits per heavy atom. The molecule has 4 aromatic rings. The lowest BCUT2D eigenvalue weighted by Gasteiger charge is -2.28. The molecular weight excluding hydrogens is 491 g/mol. The van der Waals surface area contributed by atoms with E-state index in [1.54, 1.807) is 4.90 Å². The van der Waals surface area contributed by atoms with Crippen LogP contribution in [0.3, 0.4) is 0 Å². The number of para-hydroxylation sites is 1. The zero-order chi connectivity index (χ0) is 27.8. The molecule has 1 N–H and O–H groups in total. The van der Waals surface area contributed by atoms with Gasteiger partial charge in [-0.25, -0.2) is 4.39 Å². The van der Waals surface area contributed by atoms with Gasteiger partial charge in [0.05, 0.1) is 0 Å². The highest BCUT2D eigenvalue weighted by atomic mass is 19.1. The second kappa shape index (κ2) is 13.1. The Hall–Kier alpha value is -4.13. The van der Waals surface area contributed by atoms with E-state index in [4.69, 9.17) is 0 Å². The summed E-state index contributed by atoms with van der Waals surface area (Å²) in [5, 5.41) is 1.15. The highest BCUT2D eigenvalue weighted by Crippen LogP contribution is 2.20. The van der Waals surface area contributed by atoms with E-state index >= 15 is 0 Å². The van der Waals surface area contributed by atoms with Gasteiger partial charge in [0.15, 0.2) is 0 Å². The first-order valence-electron chi connectivity index (χ1n) is 13.5. The molecule has 6 nitrogen and oxygen atoms in total. The maximum absolute atomic E-state index is 13.8. The average Bonchev–Trinajstić information content (AvgIpc) is 3.36. The lowest BCUT2D eigenvalue weighted by Crippen LogP contribution is -2.43. The van der Waals surface area contributed by atoms with Gasteiger partial charge in [-0.2, -0.15) is 0 Å². The molecule has 3 aromatic carbocycles. The van der Waals surface area contributed by atoms with Crippen molar-refractivity contribution in [3.05, 3.63) is 102 Å². The van der Waals surface area contributed by atoms with Crippen molar-refractivity contribution in [3.63, 3.8) is 0 Å². The Labute approximate surface area is 230 Å². The number of carbonyl (C=O) groups is 2. The van der Waals surface area contributed by atoms with Gasteiger partial charge in [-0.15, -0.1) is 0 Å². The molecule has 0 saturated heterocycles. The van der Waals surface area contributed by atoms with E-state index in [1.165, 1.54) is 24.3 Å². The first-order chi connectivity index (χ1) is 18.9. The van der Waals surface area contributed by atoms with Crippen LogP contribution in [0.5, 0.6) is 0 Å². The molecule has 0 aliphatic heterocycles. The standard InChI is InChI=1S/C32H37FN4O2/c1-4-5-19-37(32(39)25-12-14-27(33)15-13-25)23-31(38)36(22-24-10-16-28(17-11-24)35(2)3)20-18-26-21-34-30-9-7-6-8-29(26)30/h6-17,21,34H,4-5,18-20,22-23H2,1-3H3. The van der Waals surface area contributed by atoms with Crippen LogP contribution in [-0.4, -0.2) is 60.3 Å². The molecule has 0 spiro atoms. The van der Waals surface area contributed by atoms with E-state index in [0.717, 1.165) is 40.6 Å². The molecule has 7 heteroatoms. The number of aromatic amines is 1. The lowest BCUT2D eigenvalue weighted by atomic mass is 10.1. The van der Waals surface area contributed by atoms with Crippen LogP contribution in [0.4, 0.5) is 10.1 Å². The van der Waals surface area contributed by atoms with Crippen molar-refractivity contribution in [1.29, 1.82) is 0 Å². The summed E-state index contributed by atoms with van der Waals surface area (Å²) in [6, 6.07) is 21.8. The number of carbonyl (C=O) groups excluding carboxylic acids is 2. The number of fused-ring (bicyclic) bond motifs is 1. The molecule has 1 heterocycles. The summed E-state index contributed by atoms with van der Waals surface area (Å²) >= 11 is 0. The van der Waals surface area contributed by atoms with Crippen molar-refractivity contribution in [2.45, 2.75) is 32.7 Å². The summed E-state index contributed by atoms with van der Waals surface area (Å²) in [7, 11) is 3.99.